The quantitative estimate of drug-likeness (QED) is 0.891. The van der Waals surface area contributed by atoms with Crippen LogP contribution in [-0.2, 0) is 16.3 Å². The van der Waals surface area contributed by atoms with Crippen molar-refractivity contribution in [1.29, 1.82) is 0 Å². The highest BCUT2D eigenvalue weighted by Crippen LogP contribution is 2.30. The minimum Gasteiger partial charge on any atom is -0.469 e. The van der Waals surface area contributed by atoms with Crippen LogP contribution in [0.25, 0.3) is 0 Å². The molecule has 2 N–H and O–H groups in total. The molecule has 1 atom stereocenters. The van der Waals surface area contributed by atoms with E-state index in [4.69, 9.17) is 4.42 Å². The number of aryl methyl sites for hydroxylation is 2. The third-order valence-electron chi connectivity index (χ3n) is 4.20. The summed E-state index contributed by atoms with van der Waals surface area (Å²) in [4.78, 5) is 12.5. The van der Waals surface area contributed by atoms with E-state index < -0.39 is 9.84 Å². The summed E-state index contributed by atoms with van der Waals surface area (Å²) < 4.78 is 29.0. The molecule has 0 bridgehead atoms. The van der Waals surface area contributed by atoms with Crippen molar-refractivity contribution in [2.24, 2.45) is 0 Å². The summed E-state index contributed by atoms with van der Waals surface area (Å²) in [6.45, 7) is 1.72. The second-order valence-electron chi connectivity index (χ2n) is 6.09. The summed E-state index contributed by atoms with van der Waals surface area (Å²) in [6, 6.07) is 6.28. The summed E-state index contributed by atoms with van der Waals surface area (Å²) >= 11 is 0. The lowest BCUT2D eigenvalue weighted by Gasteiger charge is -2.23. The zero-order chi connectivity index (χ0) is 17.3. The van der Waals surface area contributed by atoms with Gasteiger partial charge in [0.15, 0.2) is 9.84 Å². The summed E-state index contributed by atoms with van der Waals surface area (Å²) in [5.41, 5.74) is 2.11. The molecule has 2 amide bonds. The number of anilines is 1. The van der Waals surface area contributed by atoms with Gasteiger partial charge >= 0.3 is 6.03 Å². The molecule has 3 rings (SSSR count). The Kier molecular flexibility index (Phi) is 4.36. The van der Waals surface area contributed by atoms with Crippen LogP contribution in [0.1, 0.15) is 35.8 Å². The van der Waals surface area contributed by atoms with Gasteiger partial charge in [0.05, 0.1) is 17.2 Å². The van der Waals surface area contributed by atoms with Crippen molar-refractivity contribution in [3.05, 3.63) is 47.4 Å². The number of sulfone groups is 1. The van der Waals surface area contributed by atoms with E-state index in [9.17, 15) is 13.2 Å². The number of carbonyl (C=O) groups is 1. The van der Waals surface area contributed by atoms with Gasteiger partial charge in [0.1, 0.15) is 5.76 Å². The minimum absolute atomic E-state index is 0.0904. The number of hydrogen-bond donors (Lipinski definition) is 2. The van der Waals surface area contributed by atoms with Crippen LogP contribution in [0, 0.1) is 6.92 Å². The van der Waals surface area contributed by atoms with Gasteiger partial charge in [-0.1, -0.05) is 6.07 Å². The topological polar surface area (TPSA) is 88.4 Å². The van der Waals surface area contributed by atoms with Crippen molar-refractivity contribution in [3.8, 4) is 0 Å². The molecule has 24 heavy (non-hydrogen) atoms. The van der Waals surface area contributed by atoms with Crippen LogP contribution in [0.15, 0.2) is 39.8 Å². The maximum Gasteiger partial charge on any atom is 0.319 e. The molecule has 1 aromatic heterocycles. The average Bonchev–Trinajstić information content (AvgIpc) is 2.97. The second kappa shape index (κ2) is 6.32. The van der Waals surface area contributed by atoms with Crippen LogP contribution in [0.3, 0.4) is 0 Å². The van der Waals surface area contributed by atoms with Crippen molar-refractivity contribution in [1.82, 2.24) is 5.32 Å². The molecule has 1 aliphatic carbocycles. The fraction of sp³-hybridized carbons (Fsp3) is 0.353. The van der Waals surface area contributed by atoms with Gasteiger partial charge in [0, 0.05) is 23.9 Å². The lowest BCUT2D eigenvalue weighted by Crippen LogP contribution is -2.34. The zero-order valence-corrected chi connectivity index (χ0v) is 14.4. The molecular weight excluding hydrogens is 328 g/mol. The molecule has 6 nitrogen and oxygen atoms in total. The normalized spacial score (nSPS) is 17.2. The Labute approximate surface area is 141 Å². The molecule has 0 fully saturated rings. The molecule has 1 aliphatic rings. The Balaban J connectivity index is 1.73. The predicted octanol–water partition coefficient (Wildman–Crippen LogP) is 3.19. The first kappa shape index (κ1) is 16.6. The first-order chi connectivity index (χ1) is 11.3. The fourth-order valence-corrected chi connectivity index (χ4v) is 4.03. The van der Waals surface area contributed by atoms with E-state index in [-0.39, 0.29) is 17.0 Å². The van der Waals surface area contributed by atoms with Crippen molar-refractivity contribution < 1.29 is 17.6 Å². The molecule has 0 saturated heterocycles. The highest BCUT2D eigenvalue weighted by Gasteiger charge is 2.24. The molecule has 0 radical (unpaired) electrons. The third kappa shape index (κ3) is 3.46. The molecule has 1 aromatic carbocycles. The SMILES string of the molecule is Cc1ccc(NC(=O)NC2CCCc3occc32)cc1S(C)(=O)=O. The highest BCUT2D eigenvalue weighted by atomic mass is 32.2. The van der Waals surface area contributed by atoms with Crippen molar-refractivity contribution in [2.45, 2.75) is 37.1 Å². The lowest BCUT2D eigenvalue weighted by atomic mass is 9.93. The lowest BCUT2D eigenvalue weighted by molar-refractivity contribution is 0.246. The number of amides is 2. The molecule has 0 aliphatic heterocycles. The van der Waals surface area contributed by atoms with Gasteiger partial charge in [0.25, 0.3) is 0 Å². The third-order valence-corrected chi connectivity index (χ3v) is 5.44. The summed E-state index contributed by atoms with van der Waals surface area (Å²) in [5.74, 6) is 0.918. The molecule has 1 heterocycles. The van der Waals surface area contributed by atoms with Crippen LogP contribution in [0.5, 0.6) is 0 Å². The van der Waals surface area contributed by atoms with Gasteiger partial charge in [-0.3, -0.25) is 0 Å². The van der Waals surface area contributed by atoms with Gasteiger partial charge in [0.2, 0.25) is 0 Å². The van der Waals surface area contributed by atoms with Gasteiger partial charge in [-0.25, -0.2) is 13.2 Å². The standard InChI is InChI=1S/C17H20N2O4S/c1-11-6-7-12(10-16(11)24(2,21)22)18-17(20)19-14-4-3-5-15-13(14)8-9-23-15/h6-10,14H,3-5H2,1-2H3,(H2,18,19,20). The van der Waals surface area contributed by atoms with E-state index in [1.54, 1.807) is 25.3 Å². The Morgan fingerprint density at radius 3 is 2.83 bits per heavy atom. The van der Waals surface area contributed by atoms with Gasteiger partial charge in [-0.05, 0) is 43.5 Å². The van der Waals surface area contributed by atoms with E-state index in [0.29, 0.717) is 11.3 Å². The first-order valence-corrected chi connectivity index (χ1v) is 9.68. The zero-order valence-electron chi connectivity index (χ0n) is 13.6. The molecular formula is C17H20N2O4S. The highest BCUT2D eigenvalue weighted by molar-refractivity contribution is 7.90. The molecule has 1 unspecified atom stereocenters. The number of nitrogens with one attached hydrogen (secondary N) is 2. The summed E-state index contributed by atoms with van der Waals surface area (Å²) in [7, 11) is -3.34. The number of carbonyl (C=O) groups excluding carboxylic acids is 1. The van der Waals surface area contributed by atoms with Gasteiger partial charge in [-0.15, -0.1) is 0 Å². The number of urea groups is 1. The number of fused-ring (bicyclic) bond motifs is 1. The van der Waals surface area contributed by atoms with Crippen LogP contribution in [-0.4, -0.2) is 20.7 Å². The number of rotatable bonds is 3. The fourth-order valence-electron chi connectivity index (χ4n) is 3.04. The Morgan fingerprint density at radius 1 is 1.29 bits per heavy atom. The van der Waals surface area contributed by atoms with Crippen LogP contribution in [0.2, 0.25) is 0 Å². The second-order valence-corrected chi connectivity index (χ2v) is 8.08. The van der Waals surface area contributed by atoms with E-state index >= 15 is 0 Å². The molecule has 7 heteroatoms. The van der Waals surface area contributed by atoms with Crippen molar-refractivity contribution in [3.63, 3.8) is 0 Å². The minimum atomic E-state index is -3.34. The smallest absolute Gasteiger partial charge is 0.319 e. The predicted molar refractivity (Wildman–Crippen MR) is 90.8 cm³/mol. The largest absolute Gasteiger partial charge is 0.469 e. The number of furan rings is 1. The Bertz CT molecular complexity index is 870. The van der Waals surface area contributed by atoms with E-state index in [0.717, 1.165) is 36.8 Å². The molecule has 0 spiro atoms. The van der Waals surface area contributed by atoms with E-state index in [1.807, 2.05) is 6.07 Å². The number of benzene rings is 1. The Hall–Kier alpha value is -2.28. The summed E-state index contributed by atoms with van der Waals surface area (Å²) in [6.07, 6.45) is 5.48. The van der Waals surface area contributed by atoms with Crippen LogP contribution < -0.4 is 10.6 Å². The van der Waals surface area contributed by atoms with E-state index in [1.165, 1.54) is 6.07 Å². The maximum absolute atomic E-state index is 12.3. The van der Waals surface area contributed by atoms with Crippen LogP contribution in [0.4, 0.5) is 10.5 Å². The summed E-state index contributed by atoms with van der Waals surface area (Å²) in [5, 5.41) is 5.63. The van der Waals surface area contributed by atoms with Crippen molar-refractivity contribution in [2.75, 3.05) is 11.6 Å². The molecule has 2 aromatic rings. The molecule has 128 valence electrons. The van der Waals surface area contributed by atoms with Crippen LogP contribution >= 0.6 is 0 Å². The Morgan fingerprint density at radius 2 is 2.08 bits per heavy atom. The average molecular weight is 348 g/mol. The maximum atomic E-state index is 12.3. The van der Waals surface area contributed by atoms with Crippen molar-refractivity contribution >= 4 is 21.6 Å². The van der Waals surface area contributed by atoms with Gasteiger partial charge in [-0.2, -0.15) is 0 Å². The monoisotopic (exact) mass is 348 g/mol. The molecule has 0 saturated carbocycles. The first-order valence-electron chi connectivity index (χ1n) is 7.79. The van der Waals surface area contributed by atoms with E-state index in [2.05, 4.69) is 10.6 Å². The van der Waals surface area contributed by atoms with Gasteiger partial charge < -0.3 is 15.1 Å². The number of hydrogen-bond acceptors (Lipinski definition) is 4.